The summed E-state index contributed by atoms with van der Waals surface area (Å²) in [6, 6.07) is 4.41. The van der Waals surface area contributed by atoms with Gasteiger partial charge in [-0.2, -0.15) is 13.2 Å². The monoisotopic (exact) mass is 425 g/mol. The lowest BCUT2D eigenvalue weighted by Crippen LogP contribution is -2.72. The molecule has 0 atom stereocenters. The van der Waals surface area contributed by atoms with Crippen molar-refractivity contribution >= 4 is 17.5 Å². The van der Waals surface area contributed by atoms with Gasteiger partial charge in [0.15, 0.2) is 5.70 Å². The molecule has 0 unspecified atom stereocenters. The summed E-state index contributed by atoms with van der Waals surface area (Å²) < 4.78 is 37.0. The molecular formula is C20H24F3N4O3+. The summed E-state index contributed by atoms with van der Waals surface area (Å²) >= 11 is 0. The molecule has 0 saturated heterocycles. The van der Waals surface area contributed by atoms with E-state index in [0.29, 0.717) is 24.1 Å². The number of benzene rings is 1. The molecule has 1 aromatic rings. The van der Waals surface area contributed by atoms with Crippen LogP contribution in [0.4, 0.5) is 18.9 Å². The van der Waals surface area contributed by atoms with Crippen LogP contribution in [0.25, 0.3) is 0 Å². The van der Waals surface area contributed by atoms with Crippen LogP contribution in [0.2, 0.25) is 0 Å². The molecule has 7 N–H and O–H groups in total. The van der Waals surface area contributed by atoms with Crippen molar-refractivity contribution in [2.24, 2.45) is 5.73 Å². The van der Waals surface area contributed by atoms with E-state index in [2.05, 4.69) is 17.2 Å². The number of nitrogens with one attached hydrogen (secondary N) is 2. The lowest BCUT2D eigenvalue weighted by atomic mass is 10.1. The van der Waals surface area contributed by atoms with Crippen LogP contribution in [-0.4, -0.2) is 42.3 Å². The Morgan fingerprint density at radius 3 is 2.70 bits per heavy atom. The average molecular weight is 425 g/mol. The zero-order chi connectivity index (χ0) is 22.1. The first kappa shape index (κ1) is 23.3. The molecule has 7 nitrogen and oxygen atoms in total. The van der Waals surface area contributed by atoms with Crippen molar-refractivity contribution in [1.29, 1.82) is 0 Å². The van der Waals surface area contributed by atoms with Crippen molar-refractivity contribution < 1.29 is 33.2 Å². The second kappa shape index (κ2) is 10.7. The number of rotatable bonds is 8. The number of amides is 2. The van der Waals surface area contributed by atoms with Crippen molar-refractivity contribution in [3.8, 4) is 11.8 Å². The smallest absolute Gasteiger partial charge is 0.396 e. The lowest BCUT2D eigenvalue weighted by Gasteiger charge is -2.09. The van der Waals surface area contributed by atoms with Crippen molar-refractivity contribution in [2.45, 2.75) is 37.9 Å². The maximum atomic E-state index is 12.3. The summed E-state index contributed by atoms with van der Waals surface area (Å²) in [7, 11) is 0. The Hall–Kier alpha value is -3.03. The highest BCUT2D eigenvalue weighted by atomic mass is 19.4. The van der Waals surface area contributed by atoms with Crippen LogP contribution in [-0.2, 0) is 4.79 Å². The predicted molar refractivity (Wildman–Crippen MR) is 103 cm³/mol. The topological polar surface area (TPSA) is 121 Å². The number of aliphatic hydroxyl groups is 1. The van der Waals surface area contributed by atoms with Crippen LogP contribution < -0.4 is 21.7 Å². The van der Waals surface area contributed by atoms with Gasteiger partial charge in [0.25, 0.3) is 11.8 Å². The number of nitrogens with two attached hydrogens (primary N) is 2. The molecule has 1 aliphatic carbocycles. The van der Waals surface area contributed by atoms with Crippen LogP contribution in [0.15, 0.2) is 30.1 Å². The number of aliphatic hydroxyl groups excluding tert-OH is 1. The predicted octanol–water partition coefficient (Wildman–Crippen LogP) is 0.376. The van der Waals surface area contributed by atoms with E-state index >= 15 is 0 Å². The molecule has 0 radical (unpaired) electrons. The highest BCUT2D eigenvalue weighted by molar-refractivity contribution is 5.95. The van der Waals surface area contributed by atoms with Crippen LogP contribution in [0.5, 0.6) is 0 Å². The normalized spacial score (nSPS) is 13.9. The number of hydrogen-bond donors (Lipinski definition) is 5. The highest BCUT2D eigenvalue weighted by Crippen LogP contribution is 2.18. The van der Waals surface area contributed by atoms with Crippen molar-refractivity contribution in [3.63, 3.8) is 0 Å². The van der Waals surface area contributed by atoms with E-state index in [4.69, 9.17) is 10.8 Å². The Morgan fingerprint density at radius 2 is 2.07 bits per heavy atom. The first-order valence-electron chi connectivity index (χ1n) is 9.39. The molecule has 10 heteroatoms. The van der Waals surface area contributed by atoms with Crippen molar-refractivity contribution in [1.82, 2.24) is 10.6 Å². The zero-order valence-corrected chi connectivity index (χ0v) is 16.2. The van der Waals surface area contributed by atoms with Crippen LogP contribution >= 0.6 is 0 Å². The van der Waals surface area contributed by atoms with Crippen LogP contribution in [0.3, 0.4) is 0 Å². The average Bonchev–Trinajstić information content (AvgIpc) is 3.51. The molecule has 0 aliphatic heterocycles. The highest BCUT2D eigenvalue weighted by Gasteiger charge is 2.28. The van der Waals surface area contributed by atoms with Gasteiger partial charge in [0.1, 0.15) is 18.4 Å². The minimum Gasteiger partial charge on any atom is -0.396 e. The van der Waals surface area contributed by atoms with Gasteiger partial charge in [-0.05, 0) is 31.4 Å². The van der Waals surface area contributed by atoms with E-state index < -0.39 is 18.6 Å². The third-order valence-electron chi connectivity index (χ3n) is 4.07. The molecule has 2 amide bonds. The molecule has 0 aromatic heterocycles. The molecule has 0 heterocycles. The van der Waals surface area contributed by atoms with E-state index in [1.807, 2.05) is 5.32 Å². The molecular weight excluding hydrogens is 401 g/mol. The van der Waals surface area contributed by atoms with Crippen molar-refractivity contribution in [2.75, 3.05) is 13.2 Å². The number of carbonyl (C=O) groups is 2. The Balaban J connectivity index is 2.16. The summed E-state index contributed by atoms with van der Waals surface area (Å²) in [6.45, 7) is -1.46. The van der Waals surface area contributed by atoms with Gasteiger partial charge >= 0.3 is 6.18 Å². The Morgan fingerprint density at radius 1 is 1.33 bits per heavy atom. The first-order chi connectivity index (χ1) is 14.2. The number of alkyl halides is 3. The fourth-order valence-electron chi connectivity index (χ4n) is 2.31. The molecule has 1 aromatic carbocycles. The third kappa shape index (κ3) is 8.14. The summed E-state index contributed by atoms with van der Waals surface area (Å²) in [6.07, 6.45) is -0.383. The fourth-order valence-corrected chi connectivity index (χ4v) is 2.31. The Bertz CT molecular complexity index is 868. The van der Waals surface area contributed by atoms with Gasteiger partial charge in [-0.3, -0.25) is 14.9 Å². The van der Waals surface area contributed by atoms with Gasteiger partial charge < -0.3 is 21.5 Å². The number of carbonyl (C=O) groups excluding carboxylic acids is 2. The molecule has 0 spiro atoms. The second-order valence-electron chi connectivity index (χ2n) is 6.77. The number of unbranched alkanes of at least 4 members (excludes halogenated alkanes) is 1. The Kier molecular flexibility index (Phi) is 8.26. The van der Waals surface area contributed by atoms with Gasteiger partial charge in [0.05, 0.1) is 5.56 Å². The maximum Gasteiger partial charge on any atom is 0.405 e. The van der Waals surface area contributed by atoms with E-state index in [1.54, 1.807) is 5.32 Å². The summed E-state index contributed by atoms with van der Waals surface area (Å²) in [5.74, 6) is 4.42. The van der Waals surface area contributed by atoms with E-state index in [0.717, 1.165) is 12.8 Å². The standard InChI is InChI=1S/C20H23F3N4O3/c21-20(22,23)12-26-18(29)14-5-8-17(13(10-14)4-2-1-3-9-28)25-11-16(24)19(30)27-15-6-7-15/h5,8,10-11,15,25,28H,1,3,6-7,9,12,24H2,(H,26,29)(H,27,30)/p+1/b16-11-. The molecule has 1 saturated carbocycles. The number of hydrogen-bond acceptors (Lipinski definition) is 4. The summed E-state index contributed by atoms with van der Waals surface area (Å²) in [4.78, 5) is 23.9. The minimum absolute atomic E-state index is 0.00749. The lowest BCUT2D eigenvalue weighted by molar-refractivity contribution is -0.497. The fraction of sp³-hybridized carbons (Fsp3) is 0.400. The minimum atomic E-state index is -4.51. The molecule has 162 valence electrons. The van der Waals surface area contributed by atoms with E-state index in [9.17, 15) is 22.8 Å². The second-order valence-corrected chi connectivity index (χ2v) is 6.77. The third-order valence-corrected chi connectivity index (χ3v) is 4.07. The first-order valence-corrected chi connectivity index (χ1v) is 9.39. The summed E-state index contributed by atoms with van der Waals surface area (Å²) in [5.41, 5.74) is 6.73. The van der Waals surface area contributed by atoms with Crippen LogP contribution in [0.1, 0.15) is 41.6 Å². The molecule has 1 fully saturated rings. The zero-order valence-electron chi connectivity index (χ0n) is 16.2. The van der Waals surface area contributed by atoms with Gasteiger partial charge in [0, 0.05) is 30.7 Å². The van der Waals surface area contributed by atoms with Gasteiger partial charge in [-0.1, -0.05) is 11.8 Å². The quantitative estimate of drug-likeness (QED) is 0.179. The Labute approximate surface area is 171 Å². The number of quaternary nitrogens is 1. The van der Waals surface area contributed by atoms with E-state index in [1.165, 1.54) is 24.4 Å². The molecule has 30 heavy (non-hydrogen) atoms. The molecule has 1 aliphatic rings. The van der Waals surface area contributed by atoms with E-state index in [-0.39, 0.29) is 29.8 Å². The summed E-state index contributed by atoms with van der Waals surface area (Å²) in [5, 5.41) is 15.0. The largest absolute Gasteiger partial charge is 0.405 e. The molecule has 0 bridgehead atoms. The van der Waals surface area contributed by atoms with Gasteiger partial charge in [-0.25, -0.2) is 0 Å². The van der Waals surface area contributed by atoms with Crippen molar-refractivity contribution in [3.05, 3.63) is 41.2 Å². The molecule has 2 rings (SSSR count). The van der Waals surface area contributed by atoms with Gasteiger partial charge in [-0.15, -0.1) is 0 Å². The van der Waals surface area contributed by atoms with Gasteiger partial charge in [0.2, 0.25) is 0 Å². The number of halogens is 3. The maximum absolute atomic E-state index is 12.3. The SMILES string of the molecule is N/C(=C\[NH2+]c1ccc(C(=O)NCC(F)(F)F)cc1C#CCCCO)C(=O)NC1CC1. The van der Waals surface area contributed by atoms with Crippen LogP contribution in [0, 0.1) is 11.8 Å².